The van der Waals surface area contributed by atoms with Gasteiger partial charge in [0.2, 0.25) is 0 Å². The van der Waals surface area contributed by atoms with Crippen LogP contribution in [0.2, 0.25) is 0 Å². The molecule has 5 nitrogen and oxygen atoms in total. The summed E-state index contributed by atoms with van der Waals surface area (Å²) < 4.78 is 150. The maximum atomic E-state index is 14.9. The van der Waals surface area contributed by atoms with Gasteiger partial charge in [-0.3, -0.25) is 9.78 Å². The summed E-state index contributed by atoms with van der Waals surface area (Å²) in [5.41, 5.74) is -8.27. The second-order valence-corrected chi connectivity index (χ2v) is 12.7. The molecule has 2 aliphatic rings. The molecule has 5 rings (SSSR count). The Labute approximate surface area is 239 Å². The standard InChI is InChI=1S/C28H21F9N2O3S/c29-17-3-5-18(6-4-17)43(41,42)25-11-9-23(39-24(40)19-10-12-38-14-22(19)30)21(25)7-1-15-13-16(2-8-20(15)25)26(31,27(32,33)34)28(35,36)37/h2-6,8,10,12-14,21,23H,1,7,9,11H2,(H,39,40)/t21-,23+,25+/m0/s1. The first-order valence-corrected chi connectivity index (χ1v) is 14.3. The van der Waals surface area contributed by atoms with Gasteiger partial charge in [-0.05, 0) is 67.1 Å². The maximum Gasteiger partial charge on any atom is 0.435 e. The molecule has 3 aromatic rings. The van der Waals surface area contributed by atoms with Crippen molar-refractivity contribution in [2.24, 2.45) is 5.92 Å². The van der Waals surface area contributed by atoms with Gasteiger partial charge >= 0.3 is 18.0 Å². The van der Waals surface area contributed by atoms with Crippen molar-refractivity contribution >= 4 is 15.7 Å². The van der Waals surface area contributed by atoms with Crippen molar-refractivity contribution in [3.05, 3.63) is 94.8 Å². The van der Waals surface area contributed by atoms with E-state index in [2.05, 4.69) is 10.3 Å². The van der Waals surface area contributed by atoms with Gasteiger partial charge in [0.25, 0.3) is 5.91 Å². The summed E-state index contributed by atoms with van der Waals surface area (Å²) in [5, 5.41) is 2.61. The smallest absolute Gasteiger partial charge is 0.349 e. The van der Waals surface area contributed by atoms with Crippen molar-refractivity contribution in [3.63, 3.8) is 0 Å². The number of halogens is 9. The molecule has 0 spiro atoms. The summed E-state index contributed by atoms with van der Waals surface area (Å²) in [6.07, 6.45) is -11.5. The van der Waals surface area contributed by atoms with E-state index in [1.807, 2.05) is 0 Å². The fourth-order valence-electron chi connectivity index (χ4n) is 6.36. The number of hydrogen-bond acceptors (Lipinski definition) is 4. The average molecular weight is 637 g/mol. The van der Waals surface area contributed by atoms with Crippen LogP contribution >= 0.6 is 0 Å². The van der Waals surface area contributed by atoms with Gasteiger partial charge in [0.1, 0.15) is 10.6 Å². The van der Waals surface area contributed by atoms with Crippen LogP contribution in [0.1, 0.15) is 46.3 Å². The molecule has 1 saturated carbocycles. The summed E-state index contributed by atoms with van der Waals surface area (Å²) in [7, 11) is -4.58. The predicted molar refractivity (Wildman–Crippen MR) is 133 cm³/mol. The molecule has 2 aromatic carbocycles. The topological polar surface area (TPSA) is 76.1 Å². The van der Waals surface area contributed by atoms with Crippen molar-refractivity contribution in [2.75, 3.05) is 0 Å². The van der Waals surface area contributed by atoms with Crippen molar-refractivity contribution in [3.8, 4) is 0 Å². The molecule has 0 radical (unpaired) electrons. The number of nitrogens with one attached hydrogen (secondary N) is 1. The van der Waals surface area contributed by atoms with Crippen LogP contribution in [0.3, 0.4) is 0 Å². The number of sulfone groups is 1. The van der Waals surface area contributed by atoms with Gasteiger partial charge in [-0.25, -0.2) is 21.6 Å². The lowest BCUT2D eigenvalue weighted by molar-refractivity contribution is -0.348. The number of benzene rings is 2. The third-order valence-electron chi connectivity index (χ3n) is 8.31. The molecule has 1 N–H and O–H groups in total. The first kappa shape index (κ1) is 30.8. The zero-order valence-electron chi connectivity index (χ0n) is 21.7. The highest BCUT2D eigenvalue weighted by atomic mass is 32.2. The number of alkyl halides is 7. The van der Waals surface area contributed by atoms with Crippen LogP contribution in [-0.4, -0.2) is 37.7 Å². The molecule has 1 fully saturated rings. The number of carbonyl (C=O) groups is 1. The number of rotatable bonds is 5. The van der Waals surface area contributed by atoms with Gasteiger partial charge in [-0.1, -0.05) is 18.2 Å². The molecular weight excluding hydrogens is 615 g/mol. The normalized spacial score (nSPS) is 22.5. The molecule has 0 unspecified atom stereocenters. The second-order valence-electron chi connectivity index (χ2n) is 10.5. The molecule has 15 heteroatoms. The Bertz CT molecular complexity index is 1660. The lowest BCUT2D eigenvalue weighted by Crippen LogP contribution is -2.51. The van der Waals surface area contributed by atoms with E-state index < -0.39 is 67.7 Å². The Morgan fingerprint density at radius 2 is 1.56 bits per heavy atom. The number of carbonyl (C=O) groups excluding carboxylic acids is 1. The van der Waals surface area contributed by atoms with E-state index in [1.165, 1.54) is 0 Å². The largest absolute Gasteiger partial charge is 0.435 e. The third kappa shape index (κ3) is 4.66. The number of hydrogen-bond donors (Lipinski definition) is 1. The van der Waals surface area contributed by atoms with Crippen LogP contribution in [0, 0.1) is 17.6 Å². The Balaban J connectivity index is 1.66. The van der Waals surface area contributed by atoms with Crippen molar-refractivity contribution in [2.45, 2.75) is 59.4 Å². The Morgan fingerprint density at radius 1 is 0.907 bits per heavy atom. The predicted octanol–water partition coefficient (Wildman–Crippen LogP) is 6.47. The number of aryl methyl sites for hydroxylation is 1. The molecular formula is C28H21F9N2O3S. The van der Waals surface area contributed by atoms with E-state index in [1.54, 1.807) is 0 Å². The van der Waals surface area contributed by atoms with Gasteiger partial charge in [0.15, 0.2) is 15.7 Å². The van der Waals surface area contributed by atoms with Gasteiger partial charge in [-0.15, -0.1) is 0 Å². The minimum Gasteiger partial charge on any atom is -0.349 e. The summed E-state index contributed by atoms with van der Waals surface area (Å²) in [6, 6.07) is 5.25. The molecule has 3 atom stereocenters. The van der Waals surface area contributed by atoms with Crippen LogP contribution in [0.25, 0.3) is 0 Å². The lowest BCUT2D eigenvalue weighted by Gasteiger charge is -2.43. The number of aromatic nitrogens is 1. The monoisotopic (exact) mass is 636 g/mol. The van der Waals surface area contributed by atoms with Crippen LogP contribution in [0.5, 0.6) is 0 Å². The van der Waals surface area contributed by atoms with Gasteiger partial charge in [0, 0.05) is 23.7 Å². The first-order chi connectivity index (χ1) is 19.9. The highest BCUT2D eigenvalue weighted by Gasteiger charge is 2.73. The van der Waals surface area contributed by atoms with Gasteiger partial charge in [0.05, 0.1) is 16.7 Å². The van der Waals surface area contributed by atoms with Crippen molar-refractivity contribution in [1.82, 2.24) is 10.3 Å². The molecule has 1 aromatic heterocycles. The molecule has 0 bridgehead atoms. The van der Waals surface area contributed by atoms with Gasteiger partial charge in [-0.2, -0.15) is 26.3 Å². The highest BCUT2D eigenvalue weighted by Crippen LogP contribution is 2.59. The first-order valence-electron chi connectivity index (χ1n) is 12.8. The minimum atomic E-state index is -6.38. The number of pyridine rings is 1. The molecule has 1 heterocycles. The number of fused-ring (bicyclic) bond motifs is 3. The highest BCUT2D eigenvalue weighted by molar-refractivity contribution is 7.92. The maximum absolute atomic E-state index is 14.9. The van der Waals surface area contributed by atoms with Crippen molar-refractivity contribution in [1.29, 1.82) is 0 Å². The van der Waals surface area contributed by atoms with E-state index in [0.717, 1.165) is 48.8 Å². The Morgan fingerprint density at radius 3 is 2.16 bits per heavy atom. The van der Waals surface area contributed by atoms with E-state index in [-0.39, 0.29) is 53.3 Å². The summed E-state index contributed by atoms with van der Waals surface area (Å²) in [4.78, 5) is 16.1. The lowest BCUT2D eigenvalue weighted by atomic mass is 9.74. The molecule has 43 heavy (non-hydrogen) atoms. The van der Waals surface area contributed by atoms with Crippen LogP contribution in [-0.2, 0) is 26.7 Å². The van der Waals surface area contributed by atoms with E-state index in [0.29, 0.717) is 6.07 Å². The second kappa shape index (κ2) is 10.2. The molecule has 0 saturated heterocycles. The summed E-state index contributed by atoms with van der Waals surface area (Å²) in [5.74, 6) is -3.60. The SMILES string of the molecule is O=C(N[C@@H]1CC[C@@]2(S(=O)(=O)c3ccc(F)cc3)c3ccc(C(F)(C(F)(F)F)C(F)(F)F)cc3CC[C@@H]12)c1ccncc1F. The average Bonchev–Trinajstić information content (AvgIpc) is 3.31. The van der Waals surface area contributed by atoms with E-state index in [9.17, 15) is 52.7 Å². The van der Waals surface area contributed by atoms with Crippen LogP contribution < -0.4 is 5.32 Å². The molecule has 230 valence electrons. The van der Waals surface area contributed by atoms with E-state index >= 15 is 0 Å². The summed E-state index contributed by atoms with van der Waals surface area (Å²) in [6.45, 7) is 0. The Kier molecular flexibility index (Phi) is 7.34. The van der Waals surface area contributed by atoms with Crippen molar-refractivity contribution < 1.29 is 52.7 Å². The van der Waals surface area contributed by atoms with Crippen LogP contribution in [0.4, 0.5) is 39.5 Å². The fourth-order valence-corrected chi connectivity index (χ4v) is 8.83. The van der Waals surface area contributed by atoms with Gasteiger partial charge < -0.3 is 5.32 Å². The Hall–Kier alpha value is -3.62. The number of nitrogens with zero attached hydrogens (tertiary/aromatic N) is 1. The quantitative estimate of drug-likeness (QED) is 0.257. The zero-order chi connectivity index (χ0) is 31.6. The molecule has 1 amide bonds. The summed E-state index contributed by atoms with van der Waals surface area (Å²) >= 11 is 0. The zero-order valence-corrected chi connectivity index (χ0v) is 22.6. The van der Waals surface area contributed by atoms with E-state index in [4.69, 9.17) is 0 Å². The van der Waals surface area contributed by atoms with Crippen LogP contribution in [0.15, 0.2) is 65.8 Å². The molecule has 0 aliphatic heterocycles. The number of amides is 1. The molecule has 2 aliphatic carbocycles. The fraction of sp³-hybridized carbons (Fsp3) is 0.357. The third-order valence-corrected chi connectivity index (χ3v) is 10.9. The minimum absolute atomic E-state index is 0.0249.